The summed E-state index contributed by atoms with van der Waals surface area (Å²) in [5.74, 6) is -0.602. The summed E-state index contributed by atoms with van der Waals surface area (Å²) >= 11 is 1.20. The number of ketones is 2. The van der Waals surface area contributed by atoms with Crippen molar-refractivity contribution < 1.29 is 19.5 Å². The lowest BCUT2D eigenvalue weighted by Gasteiger charge is -2.22. The first-order valence-corrected chi connectivity index (χ1v) is 10.5. The molecule has 0 spiro atoms. The molecule has 0 fully saturated rings. The molecule has 0 saturated carbocycles. The maximum absolute atomic E-state index is 13.3. The van der Waals surface area contributed by atoms with Crippen LogP contribution in [0.2, 0.25) is 0 Å². The fourth-order valence-electron chi connectivity index (χ4n) is 3.55. The second kappa shape index (κ2) is 8.26. The van der Waals surface area contributed by atoms with Crippen molar-refractivity contribution in [1.29, 1.82) is 0 Å². The van der Waals surface area contributed by atoms with Gasteiger partial charge in [-0.05, 0) is 36.8 Å². The number of hydrogen-bond donors (Lipinski definition) is 2. The maximum atomic E-state index is 13.3. The molecule has 0 radical (unpaired) electrons. The Hall–Kier alpha value is -3.22. The highest BCUT2D eigenvalue weighted by molar-refractivity contribution is 7.99. The van der Waals surface area contributed by atoms with Gasteiger partial charge in [0, 0.05) is 38.6 Å². The van der Waals surface area contributed by atoms with Crippen LogP contribution in [0.15, 0.2) is 65.6 Å². The van der Waals surface area contributed by atoms with Crippen LogP contribution in [0.3, 0.4) is 0 Å². The predicted octanol–water partition coefficient (Wildman–Crippen LogP) is 4.11. The van der Waals surface area contributed by atoms with Crippen LogP contribution in [0.25, 0.3) is 0 Å². The number of hydrogen-bond acceptors (Lipinski definition) is 5. The lowest BCUT2D eigenvalue weighted by molar-refractivity contribution is 0.0975. The van der Waals surface area contributed by atoms with Crippen molar-refractivity contribution in [3.05, 3.63) is 94.0 Å². The van der Waals surface area contributed by atoms with Crippen molar-refractivity contribution in [2.75, 3.05) is 17.7 Å². The van der Waals surface area contributed by atoms with Crippen molar-refractivity contribution in [3.8, 4) is 0 Å². The van der Waals surface area contributed by atoms with Gasteiger partial charge in [-0.15, -0.1) is 11.8 Å². The predicted molar refractivity (Wildman–Crippen MR) is 117 cm³/mol. The molecule has 6 heteroatoms. The summed E-state index contributed by atoms with van der Waals surface area (Å²) in [5, 5.41) is 12.2. The van der Waals surface area contributed by atoms with Crippen LogP contribution >= 0.6 is 11.8 Å². The molecular formula is C24H19NO4S. The normalized spacial score (nSPS) is 12.3. The molecule has 1 amide bonds. The summed E-state index contributed by atoms with van der Waals surface area (Å²) in [7, 11) is 0. The van der Waals surface area contributed by atoms with E-state index in [1.807, 2.05) is 25.1 Å². The minimum Gasteiger partial charge on any atom is -0.396 e. The van der Waals surface area contributed by atoms with Crippen molar-refractivity contribution in [1.82, 2.24) is 0 Å². The molecule has 4 rings (SSSR count). The molecule has 3 aromatic carbocycles. The fourth-order valence-corrected chi connectivity index (χ4v) is 4.51. The molecule has 1 aliphatic rings. The van der Waals surface area contributed by atoms with E-state index in [0.717, 1.165) is 5.56 Å². The Morgan fingerprint density at radius 2 is 1.67 bits per heavy atom. The molecule has 0 heterocycles. The van der Waals surface area contributed by atoms with Gasteiger partial charge >= 0.3 is 0 Å². The Morgan fingerprint density at radius 1 is 0.933 bits per heavy atom. The average Bonchev–Trinajstić information content (AvgIpc) is 2.75. The third-order valence-corrected chi connectivity index (χ3v) is 6.00. The van der Waals surface area contributed by atoms with E-state index in [1.165, 1.54) is 11.8 Å². The number of anilines is 1. The topological polar surface area (TPSA) is 83.5 Å². The van der Waals surface area contributed by atoms with Gasteiger partial charge in [0.05, 0.1) is 12.2 Å². The number of thioether (sulfide) groups is 1. The number of carbonyl (C=O) groups excluding carboxylic acids is 3. The average molecular weight is 417 g/mol. The van der Waals surface area contributed by atoms with Gasteiger partial charge in [0.2, 0.25) is 0 Å². The van der Waals surface area contributed by atoms with Crippen LogP contribution in [-0.4, -0.2) is 34.9 Å². The Morgan fingerprint density at radius 3 is 2.37 bits per heavy atom. The van der Waals surface area contributed by atoms with Crippen molar-refractivity contribution >= 4 is 34.9 Å². The lowest BCUT2D eigenvalue weighted by Crippen LogP contribution is -2.24. The van der Waals surface area contributed by atoms with E-state index in [0.29, 0.717) is 33.0 Å². The Bertz CT molecular complexity index is 1190. The monoisotopic (exact) mass is 417 g/mol. The Kier molecular flexibility index (Phi) is 5.53. The standard InChI is InChI=1S/C24H19NO4S/c1-14-5-4-6-15(13-14)25-24(29)19-10-9-18-20(23(19)30-12-11-26)22(28)17-8-3-2-7-16(17)21(18)27/h2-10,13,26H,11-12H2,1H3,(H,25,29). The van der Waals surface area contributed by atoms with Gasteiger partial charge in [-0.1, -0.05) is 36.4 Å². The summed E-state index contributed by atoms with van der Waals surface area (Å²) in [5.41, 5.74) is 3.16. The van der Waals surface area contributed by atoms with E-state index in [2.05, 4.69) is 5.32 Å². The molecule has 0 saturated heterocycles. The number of carbonyl (C=O) groups is 3. The number of aliphatic hydroxyl groups is 1. The van der Waals surface area contributed by atoms with Crippen molar-refractivity contribution in [2.24, 2.45) is 0 Å². The molecule has 0 unspecified atom stereocenters. The van der Waals surface area contributed by atoms with Gasteiger partial charge < -0.3 is 10.4 Å². The SMILES string of the molecule is Cc1cccc(NC(=O)c2ccc3c(c2SCCO)C(=O)c2ccccc2C3=O)c1. The Labute approximate surface area is 178 Å². The molecule has 150 valence electrons. The van der Waals surface area contributed by atoms with Crippen LogP contribution in [0.5, 0.6) is 0 Å². The summed E-state index contributed by atoms with van der Waals surface area (Å²) in [6, 6.07) is 17.2. The highest BCUT2D eigenvalue weighted by Crippen LogP contribution is 2.36. The van der Waals surface area contributed by atoms with Gasteiger partial charge in [-0.3, -0.25) is 14.4 Å². The third kappa shape index (κ3) is 3.56. The van der Waals surface area contributed by atoms with Crippen LogP contribution in [0.4, 0.5) is 5.69 Å². The van der Waals surface area contributed by atoms with Crippen LogP contribution < -0.4 is 5.32 Å². The highest BCUT2D eigenvalue weighted by atomic mass is 32.2. The van der Waals surface area contributed by atoms with E-state index in [1.54, 1.807) is 42.5 Å². The summed E-state index contributed by atoms with van der Waals surface area (Å²) in [6.07, 6.45) is 0. The summed E-state index contributed by atoms with van der Waals surface area (Å²) in [6.45, 7) is 1.81. The van der Waals surface area contributed by atoms with E-state index in [-0.39, 0.29) is 35.2 Å². The van der Waals surface area contributed by atoms with Crippen molar-refractivity contribution in [2.45, 2.75) is 11.8 Å². The first-order valence-electron chi connectivity index (χ1n) is 9.48. The zero-order valence-electron chi connectivity index (χ0n) is 16.3. The molecule has 0 atom stereocenters. The molecule has 0 aromatic heterocycles. The number of nitrogens with one attached hydrogen (secondary N) is 1. The van der Waals surface area contributed by atoms with E-state index in [9.17, 15) is 19.5 Å². The molecule has 1 aliphatic carbocycles. The van der Waals surface area contributed by atoms with Crippen LogP contribution in [0.1, 0.15) is 47.8 Å². The zero-order valence-corrected chi connectivity index (χ0v) is 17.1. The number of fused-ring (bicyclic) bond motifs is 2. The molecule has 3 aromatic rings. The Balaban J connectivity index is 1.82. The maximum Gasteiger partial charge on any atom is 0.256 e. The molecule has 0 aliphatic heterocycles. The second-order valence-corrected chi connectivity index (χ2v) is 8.07. The smallest absolute Gasteiger partial charge is 0.256 e. The van der Waals surface area contributed by atoms with Gasteiger partial charge in [-0.2, -0.15) is 0 Å². The van der Waals surface area contributed by atoms with E-state index in [4.69, 9.17) is 0 Å². The van der Waals surface area contributed by atoms with Gasteiger partial charge in [-0.25, -0.2) is 0 Å². The number of aryl methyl sites for hydroxylation is 1. The lowest BCUT2D eigenvalue weighted by atomic mass is 9.83. The number of benzene rings is 3. The number of rotatable bonds is 5. The molecular weight excluding hydrogens is 398 g/mol. The van der Waals surface area contributed by atoms with Gasteiger partial charge in [0.15, 0.2) is 11.6 Å². The number of aliphatic hydroxyl groups excluding tert-OH is 1. The minimum absolute atomic E-state index is 0.119. The first kappa shape index (κ1) is 20.1. The molecule has 30 heavy (non-hydrogen) atoms. The van der Waals surface area contributed by atoms with Crippen LogP contribution in [0, 0.1) is 6.92 Å². The van der Waals surface area contributed by atoms with Crippen LogP contribution in [-0.2, 0) is 0 Å². The molecule has 5 nitrogen and oxygen atoms in total. The second-order valence-electron chi connectivity index (χ2n) is 6.96. The highest BCUT2D eigenvalue weighted by Gasteiger charge is 2.33. The quantitative estimate of drug-likeness (QED) is 0.478. The summed E-state index contributed by atoms with van der Waals surface area (Å²) < 4.78 is 0. The summed E-state index contributed by atoms with van der Waals surface area (Å²) in [4.78, 5) is 39.7. The van der Waals surface area contributed by atoms with E-state index >= 15 is 0 Å². The van der Waals surface area contributed by atoms with E-state index < -0.39 is 0 Å². The van der Waals surface area contributed by atoms with Gasteiger partial charge in [0.1, 0.15) is 0 Å². The first-order chi connectivity index (χ1) is 14.5. The third-order valence-electron chi connectivity index (χ3n) is 4.90. The zero-order chi connectivity index (χ0) is 21.3. The minimum atomic E-state index is -0.372. The fraction of sp³-hybridized carbons (Fsp3) is 0.125. The number of amides is 1. The molecule has 2 N–H and O–H groups in total. The van der Waals surface area contributed by atoms with Crippen molar-refractivity contribution in [3.63, 3.8) is 0 Å². The van der Waals surface area contributed by atoms with Gasteiger partial charge in [0.25, 0.3) is 5.91 Å². The molecule has 0 bridgehead atoms. The largest absolute Gasteiger partial charge is 0.396 e.